The first kappa shape index (κ1) is 10.8. The third-order valence-corrected chi connectivity index (χ3v) is 0.989. The summed E-state index contributed by atoms with van der Waals surface area (Å²) in [5.74, 6) is -3.56. The van der Waals surface area contributed by atoms with E-state index in [1.807, 2.05) is 0 Å². The first-order chi connectivity index (χ1) is 5.54. The predicted octanol–water partition coefficient (Wildman–Crippen LogP) is -1.13. The molecule has 0 unspecified atom stereocenters. The number of aliphatic carboxylic acids is 2. The van der Waals surface area contributed by atoms with E-state index in [-0.39, 0.29) is 0 Å². The largest absolute Gasteiger partial charge is 0.479 e. The monoisotopic (exact) mass is 182 g/mol. The molecule has 8 nitrogen and oxygen atoms in total. The van der Waals surface area contributed by atoms with Crippen LogP contribution in [0.5, 0.6) is 0 Å². The van der Waals surface area contributed by atoms with Crippen LogP contribution in [0.2, 0.25) is 0 Å². The van der Waals surface area contributed by atoms with Gasteiger partial charge in [0.2, 0.25) is 12.2 Å². The second-order valence-electron chi connectivity index (χ2n) is 1.73. The van der Waals surface area contributed by atoms with E-state index in [1.54, 1.807) is 0 Å². The molecule has 70 valence electrons. The van der Waals surface area contributed by atoms with Crippen LogP contribution in [-0.4, -0.2) is 44.9 Å². The second kappa shape index (κ2) is 4.62. The average molecular weight is 182 g/mol. The Morgan fingerprint density at radius 2 is 1.17 bits per heavy atom. The summed E-state index contributed by atoms with van der Waals surface area (Å²) in [6.07, 6.45) is -4.35. The Morgan fingerprint density at radius 3 is 1.25 bits per heavy atom. The smallest absolute Gasteiger partial charge is 0.339 e. The summed E-state index contributed by atoms with van der Waals surface area (Å²) in [5.41, 5.74) is 0. The SMILES string of the molecule is O=C(O)[C@@H](OO)[C@@H](OO)C(=O)O. The lowest BCUT2D eigenvalue weighted by Crippen LogP contribution is -2.42. The molecule has 0 aromatic carbocycles. The fourth-order valence-corrected chi connectivity index (χ4v) is 0.460. The number of carbonyl (C=O) groups is 2. The Balaban J connectivity index is 4.44. The first-order valence-corrected chi connectivity index (χ1v) is 2.60. The van der Waals surface area contributed by atoms with Crippen LogP contribution in [0.25, 0.3) is 0 Å². The fraction of sp³-hybridized carbons (Fsp3) is 0.500. The van der Waals surface area contributed by atoms with Crippen molar-refractivity contribution in [3.05, 3.63) is 0 Å². The summed E-state index contributed by atoms with van der Waals surface area (Å²) >= 11 is 0. The molecule has 8 heteroatoms. The Kier molecular flexibility index (Phi) is 4.15. The Morgan fingerprint density at radius 1 is 0.917 bits per heavy atom. The van der Waals surface area contributed by atoms with Gasteiger partial charge >= 0.3 is 11.9 Å². The van der Waals surface area contributed by atoms with Gasteiger partial charge in [0.25, 0.3) is 0 Å². The quantitative estimate of drug-likeness (QED) is 0.310. The van der Waals surface area contributed by atoms with Crippen molar-refractivity contribution in [2.24, 2.45) is 0 Å². The van der Waals surface area contributed by atoms with Gasteiger partial charge in [0.05, 0.1) is 0 Å². The van der Waals surface area contributed by atoms with E-state index in [0.29, 0.717) is 0 Å². The van der Waals surface area contributed by atoms with Crippen molar-refractivity contribution < 1.29 is 40.1 Å². The molecule has 0 aliphatic rings. The molecule has 0 saturated carbocycles. The highest BCUT2D eigenvalue weighted by molar-refractivity contribution is 5.83. The number of hydrogen-bond acceptors (Lipinski definition) is 6. The molecule has 0 aliphatic heterocycles. The van der Waals surface area contributed by atoms with Crippen LogP contribution in [0.4, 0.5) is 0 Å². The topological polar surface area (TPSA) is 134 Å². The number of rotatable bonds is 5. The maximum Gasteiger partial charge on any atom is 0.339 e. The number of carboxylic acid groups (broad SMARTS) is 2. The first-order valence-electron chi connectivity index (χ1n) is 2.60. The molecule has 0 bridgehead atoms. The minimum atomic E-state index is -2.17. The Bertz CT molecular complexity index is 156. The van der Waals surface area contributed by atoms with Crippen molar-refractivity contribution in [1.82, 2.24) is 0 Å². The van der Waals surface area contributed by atoms with Gasteiger partial charge in [-0.1, -0.05) is 0 Å². The third kappa shape index (κ3) is 2.43. The Labute approximate surface area is 65.4 Å². The lowest BCUT2D eigenvalue weighted by atomic mass is 10.2. The lowest BCUT2D eigenvalue weighted by Gasteiger charge is -2.13. The lowest BCUT2D eigenvalue weighted by molar-refractivity contribution is -0.343. The number of carboxylic acids is 2. The van der Waals surface area contributed by atoms with Gasteiger partial charge in [-0.05, 0) is 0 Å². The standard InChI is InChI=1S/C4H6O8/c5-3(6)1(11-9)2(12-10)4(7)8/h1-2,9-10H,(H,5,6)(H,7,8)/t1-,2+. The van der Waals surface area contributed by atoms with Gasteiger partial charge < -0.3 is 10.2 Å². The molecule has 0 aliphatic carbocycles. The molecule has 0 spiro atoms. The summed E-state index contributed by atoms with van der Waals surface area (Å²) in [6, 6.07) is 0. The molecule has 0 radical (unpaired) electrons. The highest BCUT2D eigenvalue weighted by Crippen LogP contribution is 2.02. The van der Waals surface area contributed by atoms with Gasteiger partial charge in [0, 0.05) is 0 Å². The van der Waals surface area contributed by atoms with E-state index in [1.165, 1.54) is 0 Å². The average Bonchev–Trinajstić information content (AvgIpc) is 1.98. The van der Waals surface area contributed by atoms with Gasteiger partial charge in [0.15, 0.2) is 0 Å². The summed E-state index contributed by atoms with van der Waals surface area (Å²) in [7, 11) is 0. The van der Waals surface area contributed by atoms with Crippen molar-refractivity contribution in [3.63, 3.8) is 0 Å². The number of hydrogen-bond donors (Lipinski definition) is 4. The van der Waals surface area contributed by atoms with Crippen molar-refractivity contribution in [3.8, 4) is 0 Å². The zero-order valence-electron chi connectivity index (χ0n) is 5.58. The minimum Gasteiger partial charge on any atom is -0.479 e. The van der Waals surface area contributed by atoms with E-state index in [4.69, 9.17) is 20.7 Å². The van der Waals surface area contributed by atoms with Crippen LogP contribution in [0, 0.1) is 0 Å². The molecule has 0 aromatic heterocycles. The van der Waals surface area contributed by atoms with Gasteiger partial charge in [0.1, 0.15) is 0 Å². The van der Waals surface area contributed by atoms with E-state index in [2.05, 4.69) is 9.78 Å². The Hall–Kier alpha value is -1.22. The van der Waals surface area contributed by atoms with Crippen molar-refractivity contribution in [1.29, 1.82) is 0 Å². The van der Waals surface area contributed by atoms with Crippen LogP contribution in [0.3, 0.4) is 0 Å². The highest BCUT2D eigenvalue weighted by atomic mass is 17.1. The van der Waals surface area contributed by atoms with E-state index in [0.717, 1.165) is 0 Å². The van der Waals surface area contributed by atoms with Gasteiger partial charge in [-0.25, -0.2) is 19.4 Å². The van der Waals surface area contributed by atoms with Gasteiger partial charge in [-0.3, -0.25) is 10.5 Å². The molecule has 0 amide bonds. The van der Waals surface area contributed by atoms with Crippen molar-refractivity contribution in [2.45, 2.75) is 12.2 Å². The molecule has 2 atom stereocenters. The molecule has 0 rings (SSSR count). The predicted molar refractivity (Wildman–Crippen MR) is 30.3 cm³/mol. The normalized spacial score (nSPS) is 15.2. The van der Waals surface area contributed by atoms with Crippen LogP contribution in [0.15, 0.2) is 0 Å². The van der Waals surface area contributed by atoms with E-state index in [9.17, 15) is 9.59 Å². The van der Waals surface area contributed by atoms with Crippen LogP contribution in [-0.2, 0) is 19.4 Å². The van der Waals surface area contributed by atoms with Crippen LogP contribution in [0.1, 0.15) is 0 Å². The molecule has 0 saturated heterocycles. The molecular formula is C4H6O8. The molecule has 12 heavy (non-hydrogen) atoms. The maximum atomic E-state index is 10.1. The zero-order valence-corrected chi connectivity index (χ0v) is 5.58. The van der Waals surface area contributed by atoms with Gasteiger partial charge in [-0.15, -0.1) is 0 Å². The zero-order chi connectivity index (χ0) is 9.72. The fourth-order valence-electron chi connectivity index (χ4n) is 0.460. The van der Waals surface area contributed by atoms with E-state index >= 15 is 0 Å². The summed E-state index contributed by atoms with van der Waals surface area (Å²) in [4.78, 5) is 26.7. The molecular weight excluding hydrogens is 176 g/mol. The minimum absolute atomic E-state index is 1.78. The van der Waals surface area contributed by atoms with Crippen molar-refractivity contribution in [2.75, 3.05) is 0 Å². The molecule has 0 heterocycles. The molecule has 0 aromatic rings. The molecule has 4 N–H and O–H groups in total. The van der Waals surface area contributed by atoms with Crippen LogP contribution < -0.4 is 0 Å². The summed E-state index contributed by atoms with van der Waals surface area (Å²) in [5, 5.41) is 32.2. The summed E-state index contributed by atoms with van der Waals surface area (Å²) < 4.78 is 0. The second-order valence-corrected chi connectivity index (χ2v) is 1.73. The maximum absolute atomic E-state index is 10.1. The molecule has 0 fully saturated rings. The van der Waals surface area contributed by atoms with Crippen molar-refractivity contribution >= 4 is 11.9 Å². The summed E-state index contributed by atoms with van der Waals surface area (Å²) in [6.45, 7) is 0. The highest BCUT2D eigenvalue weighted by Gasteiger charge is 2.37. The van der Waals surface area contributed by atoms with Crippen LogP contribution >= 0.6 is 0 Å². The van der Waals surface area contributed by atoms with Gasteiger partial charge in [-0.2, -0.15) is 0 Å². The third-order valence-electron chi connectivity index (χ3n) is 0.989. The van der Waals surface area contributed by atoms with E-state index < -0.39 is 24.1 Å².